The molecule has 58 valence electrons. The number of carbonyl (C=O) groups is 1. The number of ether oxygens (including phenoxy) is 1. The van der Waals surface area contributed by atoms with Gasteiger partial charge in [-0.05, 0) is 0 Å². The average Bonchev–Trinajstić information content (AvgIpc) is 1.99. The highest BCUT2D eigenvalue weighted by Gasteiger charge is 2.02. The van der Waals surface area contributed by atoms with Gasteiger partial charge in [0, 0.05) is 6.08 Å². The van der Waals surface area contributed by atoms with Crippen molar-refractivity contribution in [3.63, 3.8) is 0 Å². The van der Waals surface area contributed by atoms with E-state index in [1.165, 1.54) is 12.1 Å². The van der Waals surface area contributed by atoms with Gasteiger partial charge < -0.3 is 4.74 Å². The second kappa shape index (κ2) is 5.23. The van der Waals surface area contributed by atoms with Crippen molar-refractivity contribution < 1.29 is 9.53 Å². The Morgan fingerprint density at radius 1 is 1.80 bits per heavy atom. The van der Waals surface area contributed by atoms with Gasteiger partial charge in [-0.2, -0.15) is 0 Å². The molecule has 0 aliphatic rings. The monoisotopic (exact) mass is 158 g/mol. The van der Waals surface area contributed by atoms with Crippen molar-refractivity contribution in [3.05, 3.63) is 12.7 Å². The molecule has 3 heteroatoms. The molecular weight excluding hydrogens is 144 g/mol. The van der Waals surface area contributed by atoms with Gasteiger partial charge in [-0.1, -0.05) is 26.1 Å². The van der Waals surface area contributed by atoms with Gasteiger partial charge in [0.1, 0.15) is 0 Å². The van der Waals surface area contributed by atoms with E-state index in [4.69, 9.17) is 4.74 Å². The van der Waals surface area contributed by atoms with Gasteiger partial charge in [0.25, 0.3) is 0 Å². The minimum absolute atomic E-state index is 0.298. The molecule has 2 nitrogen and oxygen atoms in total. The standard InChI is InChI=1S/C7H14O2Si/c1-4-7(8)9-6-10(3)5-2/h4,10H,1,5-6H2,2-3H3. The summed E-state index contributed by atoms with van der Waals surface area (Å²) in [5.41, 5.74) is 0. The first-order valence-corrected chi connectivity index (χ1v) is 6.28. The Kier molecular flexibility index (Phi) is 4.93. The highest BCUT2D eigenvalue weighted by Crippen LogP contribution is 1.91. The quantitative estimate of drug-likeness (QED) is 0.348. The minimum atomic E-state index is -0.742. The Hall–Kier alpha value is -0.573. The first-order valence-electron chi connectivity index (χ1n) is 3.49. The van der Waals surface area contributed by atoms with Crippen LogP contribution in [0.1, 0.15) is 6.92 Å². The molecule has 0 heterocycles. The second-order valence-corrected chi connectivity index (χ2v) is 5.71. The Bertz CT molecular complexity index is 123. The van der Waals surface area contributed by atoms with Crippen LogP contribution in [0.15, 0.2) is 12.7 Å². The van der Waals surface area contributed by atoms with Crippen LogP contribution in [0.5, 0.6) is 0 Å². The summed E-state index contributed by atoms with van der Waals surface area (Å²) in [5.74, 6) is -0.298. The molecule has 0 spiro atoms. The smallest absolute Gasteiger partial charge is 0.329 e. The van der Waals surface area contributed by atoms with Gasteiger partial charge in [0.2, 0.25) is 0 Å². The van der Waals surface area contributed by atoms with E-state index in [0.717, 1.165) is 0 Å². The highest BCUT2D eigenvalue weighted by molar-refractivity contribution is 6.57. The van der Waals surface area contributed by atoms with Crippen LogP contribution in [0.25, 0.3) is 0 Å². The van der Waals surface area contributed by atoms with Gasteiger partial charge >= 0.3 is 5.97 Å². The van der Waals surface area contributed by atoms with E-state index in [1.54, 1.807) is 0 Å². The molecule has 0 saturated heterocycles. The first kappa shape index (κ1) is 9.43. The van der Waals surface area contributed by atoms with Crippen molar-refractivity contribution in [3.8, 4) is 0 Å². The van der Waals surface area contributed by atoms with Gasteiger partial charge in [0.05, 0.1) is 15.0 Å². The van der Waals surface area contributed by atoms with E-state index in [-0.39, 0.29) is 5.97 Å². The van der Waals surface area contributed by atoms with Crippen LogP contribution in [-0.2, 0) is 9.53 Å². The molecule has 10 heavy (non-hydrogen) atoms. The fourth-order valence-electron chi connectivity index (χ4n) is 0.401. The minimum Gasteiger partial charge on any atom is -0.467 e. The molecule has 0 aliphatic carbocycles. The summed E-state index contributed by atoms with van der Waals surface area (Å²) in [4.78, 5) is 10.5. The highest BCUT2D eigenvalue weighted by atomic mass is 28.3. The molecule has 1 atom stereocenters. The van der Waals surface area contributed by atoms with Crippen LogP contribution >= 0.6 is 0 Å². The molecule has 0 aliphatic heterocycles. The van der Waals surface area contributed by atoms with Crippen LogP contribution in [0.4, 0.5) is 0 Å². The van der Waals surface area contributed by atoms with Crippen LogP contribution in [-0.4, -0.2) is 21.0 Å². The predicted octanol–water partition coefficient (Wildman–Crippen LogP) is 1.13. The maximum Gasteiger partial charge on any atom is 0.329 e. The second-order valence-electron chi connectivity index (χ2n) is 2.35. The third-order valence-electron chi connectivity index (χ3n) is 1.37. The van der Waals surface area contributed by atoms with Gasteiger partial charge in [-0.25, -0.2) is 4.79 Å². The Balaban J connectivity index is 3.34. The molecule has 0 fully saturated rings. The molecular formula is C7H14O2Si. The van der Waals surface area contributed by atoms with Crippen molar-refractivity contribution in [1.82, 2.24) is 0 Å². The van der Waals surface area contributed by atoms with Crippen LogP contribution in [0, 0.1) is 0 Å². The lowest BCUT2D eigenvalue weighted by Gasteiger charge is -2.05. The van der Waals surface area contributed by atoms with Crippen molar-refractivity contribution in [2.75, 3.05) is 6.23 Å². The van der Waals surface area contributed by atoms with E-state index in [2.05, 4.69) is 20.0 Å². The Morgan fingerprint density at radius 3 is 2.80 bits per heavy atom. The molecule has 0 aromatic carbocycles. The Morgan fingerprint density at radius 2 is 2.40 bits per heavy atom. The molecule has 0 aromatic heterocycles. The van der Waals surface area contributed by atoms with Crippen molar-refractivity contribution in [2.24, 2.45) is 0 Å². The lowest BCUT2D eigenvalue weighted by molar-refractivity contribution is -0.135. The molecule has 0 amide bonds. The number of hydrogen-bond acceptors (Lipinski definition) is 2. The molecule has 0 aromatic rings. The molecule has 0 saturated carbocycles. The van der Waals surface area contributed by atoms with E-state index in [1.807, 2.05) is 0 Å². The molecule has 1 unspecified atom stereocenters. The van der Waals surface area contributed by atoms with Crippen LogP contribution < -0.4 is 0 Å². The zero-order valence-electron chi connectivity index (χ0n) is 6.59. The molecule has 0 rings (SSSR count). The van der Waals surface area contributed by atoms with Crippen molar-refractivity contribution in [2.45, 2.75) is 19.5 Å². The number of rotatable bonds is 4. The van der Waals surface area contributed by atoms with Crippen LogP contribution in [0.2, 0.25) is 12.6 Å². The van der Waals surface area contributed by atoms with Gasteiger partial charge in [-0.3, -0.25) is 0 Å². The Labute approximate surface area is 63.5 Å². The number of hydrogen-bond donors (Lipinski definition) is 0. The largest absolute Gasteiger partial charge is 0.467 e. The van der Waals surface area contributed by atoms with E-state index in [0.29, 0.717) is 6.23 Å². The van der Waals surface area contributed by atoms with E-state index in [9.17, 15) is 4.79 Å². The summed E-state index contributed by atoms with van der Waals surface area (Å²) in [6.07, 6.45) is 1.85. The maximum absolute atomic E-state index is 10.5. The third kappa shape index (κ3) is 4.32. The predicted molar refractivity (Wildman–Crippen MR) is 44.7 cm³/mol. The molecule has 0 N–H and O–H groups in total. The van der Waals surface area contributed by atoms with E-state index >= 15 is 0 Å². The van der Waals surface area contributed by atoms with Crippen molar-refractivity contribution in [1.29, 1.82) is 0 Å². The van der Waals surface area contributed by atoms with Crippen molar-refractivity contribution >= 4 is 14.8 Å². The topological polar surface area (TPSA) is 26.3 Å². The third-order valence-corrected chi connectivity index (χ3v) is 3.50. The lowest BCUT2D eigenvalue weighted by atomic mass is 10.7. The lowest BCUT2D eigenvalue weighted by Crippen LogP contribution is -2.17. The van der Waals surface area contributed by atoms with Gasteiger partial charge in [-0.15, -0.1) is 0 Å². The summed E-state index contributed by atoms with van der Waals surface area (Å²) in [7, 11) is -0.742. The molecule has 0 radical (unpaired) electrons. The normalized spacial score (nSPS) is 12.2. The fourth-order valence-corrected chi connectivity index (χ4v) is 1.09. The van der Waals surface area contributed by atoms with Gasteiger partial charge in [0.15, 0.2) is 0 Å². The fraction of sp³-hybridized carbons (Fsp3) is 0.571. The zero-order valence-corrected chi connectivity index (χ0v) is 7.75. The first-order chi connectivity index (χ1) is 4.70. The van der Waals surface area contributed by atoms with E-state index < -0.39 is 8.80 Å². The number of esters is 1. The average molecular weight is 158 g/mol. The maximum atomic E-state index is 10.5. The number of carbonyl (C=O) groups excluding carboxylic acids is 1. The SMILES string of the molecule is C=CC(=O)OC[SiH](C)CC. The summed E-state index contributed by atoms with van der Waals surface area (Å²) in [5, 5.41) is 0. The molecule has 0 bridgehead atoms. The zero-order chi connectivity index (χ0) is 7.98. The summed E-state index contributed by atoms with van der Waals surface area (Å²) < 4.78 is 4.85. The van der Waals surface area contributed by atoms with Crippen LogP contribution in [0.3, 0.4) is 0 Å². The summed E-state index contributed by atoms with van der Waals surface area (Å²) >= 11 is 0. The summed E-state index contributed by atoms with van der Waals surface area (Å²) in [6.45, 7) is 7.61. The summed E-state index contributed by atoms with van der Waals surface area (Å²) in [6, 6.07) is 1.17.